The van der Waals surface area contributed by atoms with E-state index in [0.29, 0.717) is 0 Å². The molecule has 0 heterocycles. The van der Waals surface area contributed by atoms with Crippen LogP contribution in [0.15, 0.2) is 0 Å². The maximum Gasteiger partial charge on any atom is 0.0464 e. The molecule has 0 aliphatic heterocycles. The minimum atomic E-state index is 0.908. The number of methoxy groups -OCH3 is 2. The Balaban J connectivity index is 2.14. The van der Waals surface area contributed by atoms with Gasteiger partial charge in [-0.05, 0) is 31.1 Å². The van der Waals surface area contributed by atoms with Gasteiger partial charge in [0.25, 0.3) is 0 Å². The first-order chi connectivity index (χ1) is 6.86. The third kappa shape index (κ3) is 4.43. The van der Waals surface area contributed by atoms with Gasteiger partial charge in [0.2, 0.25) is 0 Å². The maximum atomic E-state index is 5.14. The smallest absolute Gasteiger partial charge is 0.0464 e. The SMILES string of the molecule is COCCC1CCC[C@H](CCOC)C1. The molecule has 0 amide bonds. The summed E-state index contributed by atoms with van der Waals surface area (Å²) in [4.78, 5) is 0. The van der Waals surface area contributed by atoms with Gasteiger partial charge in [-0.2, -0.15) is 0 Å². The zero-order chi connectivity index (χ0) is 10.2. The molecule has 0 N–H and O–H groups in total. The Morgan fingerprint density at radius 2 is 1.43 bits per heavy atom. The summed E-state index contributed by atoms with van der Waals surface area (Å²) in [5.41, 5.74) is 0. The van der Waals surface area contributed by atoms with Gasteiger partial charge in [-0.15, -0.1) is 0 Å². The lowest BCUT2D eigenvalue weighted by molar-refractivity contribution is 0.131. The molecule has 1 fully saturated rings. The van der Waals surface area contributed by atoms with E-state index in [2.05, 4.69) is 0 Å². The van der Waals surface area contributed by atoms with Gasteiger partial charge in [0.05, 0.1) is 0 Å². The van der Waals surface area contributed by atoms with Gasteiger partial charge in [-0.3, -0.25) is 0 Å². The number of rotatable bonds is 6. The Morgan fingerprint density at radius 1 is 0.929 bits per heavy atom. The van der Waals surface area contributed by atoms with Crippen molar-refractivity contribution in [1.82, 2.24) is 0 Å². The zero-order valence-electron chi connectivity index (χ0n) is 9.63. The zero-order valence-corrected chi connectivity index (χ0v) is 9.63. The lowest BCUT2D eigenvalue weighted by Gasteiger charge is -2.28. The van der Waals surface area contributed by atoms with Gasteiger partial charge in [0, 0.05) is 27.4 Å². The number of ether oxygens (including phenoxy) is 2. The highest BCUT2D eigenvalue weighted by molar-refractivity contribution is 4.73. The van der Waals surface area contributed by atoms with Crippen LogP contribution < -0.4 is 0 Å². The molecule has 0 aromatic rings. The van der Waals surface area contributed by atoms with Crippen molar-refractivity contribution in [2.75, 3.05) is 27.4 Å². The molecule has 14 heavy (non-hydrogen) atoms. The van der Waals surface area contributed by atoms with Crippen molar-refractivity contribution < 1.29 is 9.47 Å². The summed E-state index contributed by atoms with van der Waals surface area (Å²) in [7, 11) is 3.59. The van der Waals surface area contributed by atoms with Crippen LogP contribution in [0, 0.1) is 11.8 Å². The highest BCUT2D eigenvalue weighted by Gasteiger charge is 2.21. The lowest BCUT2D eigenvalue weighted by atomic mass is 9.79. The molecule has 84 valence electrons. The maximum absolute atomic E-state index is 5.14. The molecule has 1 aliphatic rings. The van der Waals surface area contributed by atoms with E-state index in [1.54, 1.807) is 14.2 Å². The normalized spacial score (nSPS) is 27.9. The molecule has 0 radical (unpaired) electrons. The third-order valence-corrected chi connectivity index (χ3v) is 3.35. The Kier molecular flexibility index (Phi) is 6.20. The average molecular weight is 200 g/mol. The molecule has 0 aromatic heterocycles. The van der Waals surface area contributed by atoms with Crippen molar-refractivity contribution >= 4 is 0 Å². The Bertz CT molecular complexity index is 122. The fraction of sp³-hybridized carbons (Fsp3) is 1.00. The second-order valence-electron chi connectivity index (χ2n) is 4.46. The number of hydrogen-bond acceptors (Lipinski definition) is 2. The summed E-state index contributed by atoms with van der Waals surface area (Å²) < 4.78 is 10.3. The van der Waals surface area contributed by atoms with Crippen LogP contribution in [0.5, 0.6) is 0 Å². The van der Waals surface area contributed by atoms with Crippen LogP contribution in [0.1, 0.15) is 38.5 Å². The fourth-order valence-electron chi connectivity index (χ4n) is 2.50. The summed E-state index contributed by atoms with van der Waals surface area (Å²) in [6.07, 6.45) is 8.12. The predicted molar refractivity (Wildman–Crippen MR) is 58.4 cm³/mol. The Morgan fingerprint density at radius 3 is 1.86 bits per heavy atom. The lowest BCUT2D eigenvalue weighted by Crippen LogP contribution is -2.18. The molecule has 2 nitrogen and oxygen atoms in total. The minimum absolute atomic E-state index is 0.908. The van der Waals surface area contributed by atoms with E-state index >= 15 is 0 Å². The largest absolute Gasteiger partial charge is 0.385 e. The van der Waals surface area contributed by atoms with Crippen LogP contribution in [-0.2, 0) is 9.47 Å². The van der Waals surface area contributed by atoms with E-state index in [4.69, 9.17) is 9.47 Å². The van der Waals surface area contributed by atoms with Crippen molar-refractivity contribution in [1.29, 1.82) is 0 Å². The topological polar surface area (TPSA) is 18.5 Å². The monoisotopic (exact) mass is 200 g/mol. The first-order valence-corrected chi connectivity index (χ1v) is 5.84. The van der Waals surface area contributed by atoms with Gasteiger partial charge >= 0.3 is 0 Å². The van der Waals surface area contributed by atoms with Gasteiger partial charge in [0.15, 0.2) is 0 Å². The summed E-state index contributed by atoms with van der Waals surface area (Å²) in [5.74, 6) is 1.82. The first-order valence-electron chi connectivity index (χ1n) is 5.84. The van der Waals surface area contributed by atoms with Crippen LogP contribution in [0.3, 0.4) is 0 Å². The minimum Gasteiger partial charge on any atom is -0.385 e. The summed E-state index contributed by atoms with van der Waals surface area (Å²) >= 11 is 0. The molecule has 2 heteroatoms. The van der Waals surface area contributed by atoms with Gasteiger partial charge < -0.3 is 9.47 Å². The molecule has 0 bridgehead atoms. The molecule has 0 spiro atoms. The van der Waals surface area contributed by atoms with E-state index in [0.717, 1.165) is 25.0 Å². The van der Waals surface area contributed by atoms with E-state index in [9.17, 15) is 0 Å². The molecular formula is C12H24O2. The van der Waals surface area contributed by atoms with Gasteiger partial charge in [-0.1, -0.05) is 19.3 Å². The van der Waals surface area contributed by atoms with Crippen molar-refractivity contribution in [2.24, 2.45) is 11.8 Å². The Labute approximate surface area is 88.0 Å². The van der Waals surface area contributed by atoms with Crippen LogP contribution in [0.4, 0.5) is 0 Å². The van der Waals surface area contributed by atoms with Crippen molar-refractivity contribution in [3.05, 3.63) is 0 Å². The number of hydrogen-bond donors (Lipinski definition) is 0. The fourth-order valence-corrected chi connectivity index (χ4v) is 2.50. The molecular weight excluding hydrogens is 176 g/mol. The Hall–Kier alpha value is -0.0800. The molecule has 1 unspecified atom stereocenters. The van der Waals surface area contributed by atoms with Crippen molar-refractivity contribution in [2.45, 2.75) is 38.5 Å². The van der Waals surface area contributed by atoms with E-state index in [1.165, 1.54) is 38.5 Å². The summed E-state index contributed by atoms with van der Waals surface area (Å²) in [6, 6.07) is 0. The second kappa shape index (κ2) is 7.24. The highest BCUT2D eigenvalue weighted by Crippen LogP contribution is 2.32. The highest BCUT2D eigenvalue weighted by atomic mass is 16.5. The van der Waals surface area contributed by atoms with E-state index < -0.39 is 0 Å². The predicted octanol–water partition coefficient (Wildman–Crippen LogP) is 2.87. The quantitative estimate of drug-likeness (QED) is 0.656. The summed E-state index contributed by atoms with van der Waals surface area (Å²) in [6.45, 7) is 1.86. The van der Waals surface area contributed by atoms with E-state index in [-0.39, 0.29) is 0 Å². The second-order valence-corrected chi connectivity index (χ2v) is 4.46. The van der Waals surface area contributed by atoms with Crippen molar-refractivity contribution in [3.63, 3.8) is 0 Å². The molecule has 1 saturated carbocycles. The van der Waals surface area contributed by atoms with Crippen molar-refractivity contribution in [3.8, 4) is 0 Å². The first kappa shape index (κ1) is 12.0. The van der Waals surface area contributed by atoms with Gasteiger partial charge in [0.1, 0.15) is 0 Å². The third-order valence-electron chi connectivity index (χ3n) is 3.35. The van der Waals surface area contributed by atoms with Gasteiger partial charge in [-0.25, -0.2) is 0 Å². The molecule has 2 atom stereocenters. The molecule has 0 aromatic carbocycles. The summed E-state index contributed by atoms with van der Waals surface area (Å²) in [5, 5.41) is 0. The van der Waals surface area contributed by atoms with E-state index in [1.807, 2.05) is 0 Å². The molecule has 0 saturated heterocycles. The van der Waals surface area contributed by atoms with Crippen LogP contribution >= 0.6 is 0 Å². The van der Waals surface area contributed by atoms with Crippen LogP contribution in [0.2, 0.25) is 0 Å². The molecule has 1 rings (SSSR count). The molecule has 1 aliphatic carbocycles. The standard InChI is InChI=1S/C12H24O2/c1-13-8-6-11-4-3-5-12(10-11)7-9-14-2/h11-12H,3-10H2,1-2H3/t11-,12?/m1/s1. The van der Waals surface area contributed by atoms with Crippen LogP contribution in [0.25, 0.3) is 0 Å². The van der Waals surface area contributed by atoms with Crippen LogP contribution in [-0.4, -0.2) is 27.4 Å². The average Bonchev–Trinajstić information content (AvgIpc) is 2.24.